The van der Waals surface area contributed by atoms with E-state index in [9.17, 15) is 4.79 Å². The Morgan fingerprint density at radius 3 is 2.74 bits per heavy atom. The van der Waals surface area contributed by atoms with Gasteiger partial charge >= 0.3 is 5.97 Å². The molecule has 4 nitrogen and oxygen atoms in total. The van der Waals surface area contributed by atoms with Crippen LogP contribution in [0.3, 0.4) is 0 Å². The van der Waals surface area contributed by atoms with Gasteiger partial charge in [0, 0.05) is 6.20 Å². The topological polar surface area (TPSA) is 47.0 Å². The van der Waals surface area contributed by atoms with Gasteiger partial charge in [0.15, 0.2) is 4.77 Å². The summed E-state index contributed by atoms with van der Waals surface area (Å²) >= 11 is 5.25. The van der Waals surface area contributed by atoms with Crippen molar-refractivity contribution in [1.82, 2.24) is 9.55 Å². The third-order valence-electron chi connectivity index (χ3n) is 2.96. The molecule has 1 atom stereocenters. The lowest BCUT2D eigenvalue weighted by Crippen LogP contribution is -2.16. The monoisotopic (exact) mass is 276 g/mol. The van der Waals surface area contributed by atoms with Crippen LogP contribution >= 0.6 is 12.2 Å². The van der Waals surface area contributed by atoms with Gasteiger partial charge in [-0.1, -0.05) is 30.3 Å². The number of hydrogen-bond acceptors (Lipinski definition) is 3. The Hall–Kier alpha value is -1.88. The van der Waals surface area contributed by atoms with E-state index in [0.717, 1.165) is 5.56 Å². The van der Waals surface area contributed by atoms with Gasteiger partial charge in [-0.3, -0.25) is 0 Å². The van der Waals surface area contributed by atoms with Crippen molar-refractivity contribution in [3.05, 3.63) is 52.6 Å². The maximum Gasteiger partial charge on any atom is 0.356 e. The molecule has 19 heavy (non-hydrogen) atoms. The standard InChI is InChI=1S/C14H16N2O2S/c1-3-18-13(17)12-9-15-14(19)16(12)10(2)11-7-5-4-6-8-11/h4-10H,3H2,1-2H3,(H,15,19)/t10-/m0/s1. The SMILES string of the molecule is CCOC(=O)c1c[nH]c(=S)n1[C@@H](C)c1ccccc1. The number of carbonyl (C=O) groups is 1. The zero-order valence-electron chi connectivity index (χ0n) is 10.9. The lowest BCUT2D eigenvalue weighted by molar-refractivity contribution is 0.0512. The van der Waals surface area contributed by atoms with Crippen molar-refractivity contribution in [3.8, 4) is 0 Å². The molecular weight excluding hydrogens is 260 g/mol. The number of rotatable bonds is 4. The summed E-state index contributed by atoms with van der Waals surface area (Å²) in [6, 6.07) is 9.87. The first-order chi connectivity index (χ1) is 9.15. The van der Waals surface area contributed by atoms with Gasteiger partial charge in [-0.05, 0) is 31.6 Å². The van der Waals surface area contributed by atoms with Crippen molar-refractivity contribution < 1.29 is 9.53 Å². The molecular formula is C14H16N2O2S. The van der Waals surface area contributed by atoms with E-state index in [4.69, 9.17) is 17.0 Å². The molecule has 1 N–H and O–H groups in total. The van der Waals surface area contributed by atoms with Crippen molar-refractivity contribution in [2.75, 3.05) is 6.61 Å². The van der Waals surface area contributed by atoms with E-state index in [1.54, 1.807) is 17.7 Å². The Labute approximate surface area is 117 Å². The van der Waals surface area contributed by atoms with Gasteiger partial charge in [-0.15, -0.1) is 0 Å². The molecule has 0 spiro atoms. The summed E-state index contributed by atoms with van der Waals surface area (Å²) in [7, 11) is 0. The summed E-state index contributed by atoms with van der Waals surface area (Å²) in [5, 5.41) is 0. The summed E-state index contributed by atoms with van der Waals surface area (Å²) < 4.78 is 7.34. The first kappa shape index (κ1) is 13.5. The molecule has 1 aromatic carbocycles. The van der Waals surface area contributed by atoms with Crippen LogP contribution < -0.4 is 0 Å². The van der Waals surface area contributed by atoms with Crippen LogP contribution in [0.5, 0.6) is 0 Å². The molecule has 0 unspecified atom stereocenters. The molecule has 0 radical (unpaired) electrons. The van der Waals surface area contributed by atoms with Crippen molar-refractivity contribution in [3.63, 3.8) is 0 Å². The summed E-state index contributed by atoms with van der Waals surface area (Å²) in [6.07, 6.45) is 1.60. The summed E-state index contributed by atoms with van der Waals surface area (Å²) in [6.45, 7) is 4.13. The summed E-state index contributed by atoms with van der Waals surface area (Å²) in [4.78, 5) is 14.8. The quantitative estimate of drug-likeness (QED) is 0.688. The van der Waals surface area contributed by atoms with Gasteiger partial charge in [0.25, 0.3) is 0 Å². The third kappa shape index (κ3) is 2.76. The molecule has 0 bridgehead atoms. The average molecular weight is 276 g/mol. The second kappa shape index (κ2) is 5.84. The molecule has 0 aliphatic carbocycles. The number of H-pyrrole nitrogens is 1. The number of nitrogens with zero attached hydrogens (tertiary/aromatic N) is 1. The molecule has 100 valence electrons. The fourth-order valence-corrected chi connectivity index (χ4v) is 2.32. The number of ether oxygens (including phenoxy) is 1. The number of aromatic amines is 1. The zero-order chi connectivity index (χ0) is 13.8. The van der Waals surface area contributed by atoms with Crippen LogP contribution in [0.15, 0.2) is 36.5 Å². The van der Waals surface area contributed by atoms with E-state index >= 15 is 0 Å². The molecule has 0 aliphatic rings. The number of aromatic nitrogens is 2. The highest BCUT2D eigenvalue weighted by Crippen LogP contribution is 2.20. The first-order valence-corrected chi connectivity index (χ1v) is 6.58. The fourth-order valence-electron chi connectivity index (χ4n) is 2.01. The highest BCUT2D eigenvalue weighted by atomic mass is 32.1. The van der Waals surface area contributed by atoms with Crippen molar-refractivity contribution in [2.45, 2.75) is 19.9 Å². The maximum atomic E-state index is 11.9. The first-order valence-electron chi connectivity index (χ1n) is 6.17. The predicted molar refractivity (Wildman–Crippen MR) is 75.8 cm³/mol. The normalized spacial score (nSPS) is 12.1. The number of esters is 1. The molecule has 0 saturated carbocycles. The minimum absolute atomic E-state index is 0.0284. The van der Waals surface area contributed by atoms with Crippen molar-refractivity contribution in [2.24, 2.45) is 0 Å². The molecule has 5 heteroatoms. The molecule has 0 saturated heterocycles. The Morgan fingerprint density at radius 1 is 1.42 bits per heavy atom. The molecule has 0 fully saturated rings. The minimum atomic E-state index is -0.363. The Balaban J connectivity index is 2.42. The second-order valence-corrected chi connectivity index (χ2v) is 4.54. The lowest BCUT2D eigenvalue weighted by Gasteiger charge is -2.16. The van der Waals surface area contributed by atoms with Gasteiger partial charge in [0.05, 0.1) is 12.6 Å². The Kier molecular flexibility index (Phi) is 4.16. The van der Waals surface area contributed by atoms with E-state index in [0.29, 0.717) is 17.1 Å². The van der Waals surface area contributed by atoms with Crippen LogP contribution in [0.1, 0.15) is 35.9 Å². The van der Waals surface area contributed by atoms with Gasteiger partial charge in [-0.2, -0.15) is 0 Å². The van der Waals surface area contributed by atoms with Crippen molar-refractivity contribution >= 4 is 18.2 Å². The molecule has 1 aromatic heterocycles. The van der Waals surface area contributed by atoms with E-state index in [-0.39, 0.29) is 12.0 Å². The van der Waals surface area contributed by atoms with E-state index in [2.05, 4.69) is 4.98 Å². The molecule has 1 heterocycles. The van der Waals surface area contributed by atoms with Crippen molar-refractivity contribution in [1.29, 1.82) is 0 Å². The number of hydrogen-bond donors (Lipinski definition) is 1. The Bertz CT molecular complexity index is 616. The number of carbonyl (C=O) groups excluding carboxylic acids is 1. The lowest BCUT2D eigenvalue weighted by atomic mass is 10.1. The van der Waals surface area contributed by atoms with Crippen LogP contribution in [0.2, 0.25) is 0 Å². The highest BCUT2D eigenvalue weighted by Gasteiger charge is 2.18. The van der Waals surface area contributed by atoms with Crippen LogP contribution in [-0.2, 0) is 4.74 Å². The number of nitrogens with one attached hydrogen (secondary N) is 1. The van der Waals surface area contributed by atoms with Crippen LogP contribution in [0.4, 0.5) is 0 Å². The van der Waals surface area contributed by atoms with Gasteiger partial charge in [0.2, 0.25) is 0 Å². The van der Waals surface area contributed by atoms with E-state index in [1.807, 2.05) is 37.3 Å². The molecule has 0 aliphatic heterocycles. The van der Waals surface area contributed by atoms with Gasteiger partial charge in [-0.25, -0.2) is 4.79 Å². The number of benzene rings is 1. The zero-order valence-corrected chi connectivity index (χ0v) is 11.7. The van der Waals surface area contributed by atoms with E-state index < -0.39 is 0 Å². The molecule has 2 rings (SSSR count). The highest BCUT2D eigenvalue weighted by molar-refractivity contribution is 7.71. The largest absolute Gasteiger partial charge is 0.461 e. The third-order valence-corrected chi connectivity index (χ3v) is 3.28. The average Bonchev–Trinajstić information content (AvgIpc) is 2.81. The molecule has 2 aromatic rings. The fraction of sp³-hybridized carbons (Fsp3) is 0.286. The summed E-state index contributed by atoms with van der Waals surface area (Å²) in [5.74, 6) is -0.363. The van der Waals surface area contributed by atoms with Gasteiger partial charge in [0.1, 0.15) is 5.69 Å². The Morgan fingerprint density at radius 2 is 2.11 bits per heavy atom. The molecule has 0 amide bonds. The summed E-state index contributed by atoms with van der Waals surface area (Å²) in [5.41, 5.74) is 1.53. The second-order valence-electron chi connectivity index (χ2n) is 4.16. The maximum absolute atomic E-state index is 11.9. The minimum Gasteiger partial charge on any atom is -0.461 e. The predicted octanol–water partition coefficient (Wildman–Crippen LogP) is 3.33. The van der Waals surface area contributed by atoms with Crippen LogP contribution in [0, 0.1) is 4.77 Å². The van der Waals surface area contributed by atoms with E-state index in [1.165, 1.54) is 0 Å². The number of imidazole rings is 1. The van der Waals surface area contributed by atoms with Crippen LogP contribution in [-0.4, -0.2) is 22.1 Å². The van der Waals surface area contributed by atoms with Crippen LogP contribution in [0.25, 0.3) is 0 Å². The smallest absolute Gasteiger partial charge is 0.356 e. The van der Waals surface area contributed by atoms with Gasteiger partial charge < -0.3 is 14.3 Å².